The number of amides is 1. The average molecular weight is 538 g/mol. The molecule has 1 atom stereocenters. The summed E-state index contributed by atoms with van der Waals surface area (Å²) in [5, 5.41) is 11.6. The van der Waals surface area contributed by atoms with Crippen LogP contribution in [0.15, 0.2) is 35.9 Å². The first-order chi connectivity index (χ1) is 17.1. The highest BCUT2D eigenvalue weighted by Gasteiger charge is 2.46. The minimum absolute atomic E-state index is 0.103. The molecule has 0 bridgehead atoms. The van der Waals surface area contributed by atoms with Crippen LogP contribution < -0.4 is 14.2 Å². The van der Waals surface area contributed by atoms with Crippen LogP contribution in [0.5, 0.6) is 17.2 Å². The van der Waals surface area contributed by atoms with Crippen molar-refractivity contribution in [2.45, 2.75) is 19.9 Å². The van der Waals surface area contributed by atoms with Crippen LogP contribution in [0.3, 0.4) is 0 Å². The van der Waals surface area contributed by atoms with Gasteiger partial charge in [-0.3, -0.25) is 9.59 Å². The van der Waals surface area contributed by atoms with Crippen LogP contribution in [0.2, 0.25) is 10.0 Å². The van der Waals surface area contributed by atoms with Crippen molar-refractivity contribution < 1.29 is 33.6 Å². The zero-order chi connectivity index (χ0) is 26.6. The van der Waals surface area contributed by atoms with E-state index in [1.165, 1.54) is 38.4 Å². The maximum absolute atomic E-state index is 13.2. The lowest BCUT2D eigenvalue weighted by Gasteiger charge is -2.26. The Morgan fingerprint density at radius 2 is 1.69 bits per heavy atom. The number of aliphatic hydroxyl groups excluding tert-OH is 1. The molecule has 1 saturated heterocycles. The molecular weight excluding hydrogens is 509 g/mol. The fraction of sp³-hybridized carbons (Fsp3) is 0.385. The number of hydrogen-bond donors (Lipinski definition) is 1. The third kappa shape index (κ3) is 5.56. The summed E-state index contributed by atoms with van der Waals surface area (Å²) in [4.78, 5) is 27.6. The number of benzene rings is 2. The van der Waals surface area contributed by atoms with Crippen molar-refractivity contribution in [2.24, 2.45) is 5.92 Å². The van der Waals surface area contributed by atoms with Crippen LogP contribution in [0.1, 0.15) is 31.0 Å². The summed E-state index contributed by atoms with van der Waals surface area (Å²) in [6, 6.07) is 7.06. The number of Topliss-reactive ketones (excluding diaryl/α,β-unsaturated/α-hetero) is 1. The van der Waals surface area contributed by atoms with Crippen LogP contribution in [0.4, 0.5) is 0 Å². The number of nitrogens with zero attached hydrogens (tertiary/aromatic N) is 1. The Bertz CT molecular complexity index is 1160. The Balaban J connectivity index is 2.20. The number of ether oxygens (including phenoxy) is 4. The first-order valence-corrected chi connectivity index (χ1v) is 12.0. The Hall–Kier alpha value is -2.94. The van der Waals surface area contributed by atoms with Gasteiger partial charge in [0.2, 0.25) is 0 Å². The van der Waals surface area contributed by atoms with Crippen molar-refractivity contribution in [3.63, 3.8) is 0 Å². The summed E-state index contributed by atoms with van der Waals surface area (Å²) in [5.41, 5.74) is 0.621. The van der Waals surface area contributed by atoms with Crippen molar-refractivity contribution >= 4 is 40.7 Å². The molecule has 2 aromatic rings. The first-order valence-electron chi connectivity index (χ1n) is 11.3. The fourth-order valence-corrected chi connectivity index (χ4v) is 4.57. The zero-order valence-electron chi connectivity index (χ0n) is 20.8. The van der Waals surface area contributed by atoms with Crippen molar-refractivity contribution in [2.75, 3.05) is 41.1 Å². The van der Waals surface area contributed by atoms with E-state index in [2.05, 4.69) is 0 Å². The second-order valence-electron chi connectivity index (χ2n) is 8.57. The molecule has 3 rings (SSSR count). The summed E-state index contributed by atoms with van der Waals surface area (Å²) < 4.78 is 21.7. The first kappa shape index (κ1) is 27.6. The van der Waals surface area contributed by atoms with Crippen LogP contribution in [-0.2, 0) is 14.3 Å². The molecule has 1 aliphatic heterocycles. The average Bonchev–Trinajstić information content (AvgIpc) is 3.10. The van der Waals surface area contributed by atoms with Gasteiger partial charge in [-0.05, 0) is 35.7 Å². The van der Waals surface area contributed by atoms with Gasteiger partial charge in [-0.25, -0.2) is 0 Å². The molecular formula is C26H29Cl2NO7. The van der Waals surface area contributed by atoms with Gasteiger partial charge in [0.15, 0.2) is 17.2 Å². The molecule has 10 heteroatoms. The molecule has 1 unspecified atom stereocenters. The van der Waals surface area contributed by atoms with E-state index >= 15 is 0 Å². The van der Waals surface area contributed by atoms with Gasteiger partial charge >= 0.3 is 0 Å². The van der Waals surface area contributed by atoms with Gasteiger partial charge in [-0.2, -0.15) is 0 Å². The van der Waals surface area contributed by atoms with E-state index in [0.29, 0.717) is 23.7 Å². The molecule has 0 aliphatic carbocycles. The van der Waals surface area contributed by atoms with Crippen LogP contribution in [0, 0.1) is 5.92 Å². The second-order valence-corrected chi connectivity index (χ2v) is 9.39. The summed E-state index contributed by atoms with van der Waals surface area (Å²) >= 11 is 12.5. The number of carbonyl (C=O) groups is 2. The lowest BCUT2D eigenvalue weighted by molar-refractivity contribution is -0.140. The number of ketones is 1. The maximum atomic E-state index is 13.2. The Morgan fingerprint density at radius 1 is 1.03 bits per heavy atom. The van der Waals surface area contributed by atoms with Crippen LogP contribution in [-0.4, -0.2) is 62.8 Å². The number of carbonyl (C=O) groups excluding carboxylic acids is 2. The maximum Gasteiger partial charge on any atom is 0.295 e. The van der Waals surface area contributed by atoms with Gasteiger partial charge in [0.1, 0.15) is 5.76 Å². The van der Waals surface area contributed by atoms with E-state index in [9.17, 15) is 14.7 Å². The fourth-order valence-electron chi connectivity index (χ4n) is 3.93. The number of hydrogen-bond acceptors (Lipinski definition) is 7. The molecule has 194 valence electrons. The molecule has 36 heavy (non-hydrogen) atoms. The van der Waals surface area contributed by atoms with Gasteiger partial charge < -0.3 is 29.0 Å². The summed E-state index contributed by atoms with van der Waals surface area (Å²) in [7, 11) is 4.44. The number of rotatable bonds is 10. The predicted octanol–water partition coefficient (Wildman–Crippen LogP) is 5.11. The molecule has 1 aliphatic rings. The lowest BCUT2D eigenvalue weighted by atomic mass is 9.95. The monoisotopic (exact) mass is 537 g/mol. The van der Waals surface area contributed by atoms with Crippen molar-refractivity contribution in [3.05, 3.63) is 57.1 Å². The molecule has 0 radical (unpaired) electrons. The number of aliphatic hydroxyl groups is 1. The zero-order valence-corrected chi connectivity index (χ0v) is 22.3. The van der Waals surface area contributed by atoms with E-state index in [0.717, 1.165) is 0 Å². The third-order valence-electron chi connectivity index (χ3n) is 5.63. The normalized spacial score (nSPS) is 17.1. The van der Waals surface area contributed by atoms with E-state index in [1.54, 1.807) is 18.2 Å². The predicted molar refractivity (Wildman–Crippen MR) is 137 cm³/mol. The van der Waals surface area contributed by atoms with E-state index < -0.39 is 23.5 Å². The minimum Gasteiger partial charge on any atom is -0.507 e. The van der Waals surface area contributed by atoms with Crippen molar-refractivity contribution in [1.29, 1.82) is 0 Å². The highest BCUT2D eigenvalue weighted by atomic mass is 35.5. The lowest BCUT2D eigenvalue weighted by Crippen LogP contribution is -2.32. The standard InChI is InChI=1S/C26H29Cl2NO7/c1-14(2)13-36-20-12-15(6-7-19(20)34-4)22-21(24(31)26(32)29(22)8-9-33-3)23(30)16-10-17(27)25(35-5)18(28)11-16/h6-7,10-12,14,22,30H,8-9,13H2,1-5H3/b23-21+. The molecule has 0 aromatic heterocycles. The smallest absolute Gasteiger partial charge is 0.295 e. The molecule has 1 amide bonds. The third-order valence-corrected chi connectivity index (χ3v) is 6.19. The largest absolute Gasteiger partial charge is 0.507 e. The Labute approximate surface area is 220 Å². The van der Waals surface area contributed by atoms with Gasteiger partial charge in [0.05, 0.1) is 49.1 Å². The number of likely N-dealkylation sites (tertiary alicyclic amines) is 1. The summed E-state index contributed by atoms with van der Waals surface area (Å²) in [5.74, 6) is -0.560. The highest BCUT2D eigenvalue weighted by Crippen LogP contribution is 2.43. The summed E-state index contributed by atoms with van der Waals surface area (Å²) in [6.45, 7) is 4.78. The van der Waals surface area contributed by atoms with Gasteiger partial charge in [-0.15, -0.1) is 0 Å². The molecule has 8 nitrogen and oxygen atoms in total. The van der Waals surface area contributed by atoms with E-state index in [-0.39, 0.29) is 46.0 Å². The van der Waals surface area contributed by atoms with Crippen molar-refractivity contribution in [3.8, 4) is 17.2 Å². The highest BCUT2D eigenvalue weighted by molar-refractivity contribution is 6.46. The number of methoxy groups -OCH3 is 3. The Kier molecular flexibility index (Phi) is 9.11. The van der Waals surface area contributed by atoms with Crippen LogP contribution in [0.25, 0.3) is 5.76 Å². The number of halogens is 2. The molecule has 1 N–H and O–H groups in total. The Morgan fingerprint density at radius 3 is 2.25 bits per heavy atom. The SMILES string of the molecule is COCCN1C(=O)C(=O)/C(=C(/O)c2cc(Cl)c(OC)c(Cl)c2)C1c1ccc(OC)c(OCC(C)C)c1. The summed E-state index contributed by atoms with van der Waals surface area (Å²) in [6.07, 6.45) is 0. The molecule has 1 heterocycles. The minimum atomic E-state index is -0.910. The molecule has 2 aromatic carbocycles. The van der Waals surface area contributed by atoms with Crippen molar-refractivity contribution in [1.82, 2.24) is 4.90 Å². The van der Waals surface area contributed by atoms with Gasteiger partial charge in [0.25, 0.3) is 11.7 Å². The topological polar surface area (TPSA) is 94.5 Å². The van der Waals surface area contributed by atoms with Gasteiger partial charge in [-0.1, -0.05) is 43.1 Å². The van der Waals surface area contributed by atoms with Crippen LogP contribution >= 0.6 is 23.2 Å². The van der Waals surface area contributed by atoms with Gasteiger partial charge in [0, 0.05) is 19.2 Å². The van der Waals surface area contributed by atoms with E-state index in [1.807, 2.05) is 13.8 Å². The van der Waals surface area contributed by atoms with E-state index in [4.69, 9.17) is 42.1 Å². The molecule has 0 spiro atoms. The molecule has 1 fully saturated rings. The quantitative estimate of drug-likeness (QED) is 0.255. The molecule has 0 saturated carbocycles. The second kappa shape index (κ2) is 11.9.